The van der Waals surface area contributed by atoms with Crippen LogP contribution >= 0.6 is 0 Å². The molecule has 2 N–H and O–H groups in total. The number of hydrogen-bond donors (Lipinski definition) is 2. The van der Waals surface area contributed by atoms with Gasteiger partial charge < -0.3 is 10.6 Å². The molecule has 0 radical (unpaired) electrons. The number of aromatic nitrogens is 3. The van der Waals surface area contributed by atoms with E-state index in [2.05, 4.69) is 20.9 Å². The van der Waals surface area contributed by atoms with Crippen molar-refractivity contribution in [2.45, 2.75) is 13.1 Å². The van der Waals surface area contributed by atoms with Gasteiger partial charge in [-0.15, -0.1) is 5.10 Å². The number of carbonyl (C=O) groups is 2. The highest BCUT2D eigenvalue weighted by molar-refractivity contribution is 6.04. The molecule has 0 saturated heterocycles. The summed E-state index contributed by atoms with van der Waals surface area (Å²) in [6, 6.07) is 8.40. The first kappa shape index (κ1) is 21.0. The molecule has 11 heteroatoms. The van der Waals surface area contributed by atoms with E-state index in [0.29, 0.717) is 15.8 Å². The molecule has 1 aromatic heterocycles. The number of aryl methyl sites for hydroxylation is 1. The van der Waals surface area contributed by atoms with E-state index in [9.17, 15) is 27.2 Å². The normalized spacial score (nSPS) is 11.3. The largest absolute Gasteiger partial charge is 0.435 e. The zero-order valence-corrected chi connectivity index (χ0v) is 15.7. The van der Waals surface area contributed by atoms with Gasteiger partial charge in [0.1, 0.15) is 5.82 Å². The van der Waals surface area contributed by atoms with Crippen LogP contribution in [-0.2, 0) is 6.18 Å². The average molecular weight is 421 g/mol. The maximum absolute atomic E-state index is 13.7. The average Bonchev–Trinajstić information content (AvgIpc) is 3.15. The van der Waals surface area contributed by atoms with Crippen LogP contribution in [0.1, 0.15) is 32.1 Å². The number of anilines is 1. The van der Waals surface area contributed by atoms with Crippen molar-refractivity contribution in [2.75, 3.05) is 12.4 Å². The lowest BCUT2D eigenvalue weighted by Gasteiger charge is -2.12. The number of nitrogens with zero attached hydrogens (tertiary/aromatic N) is 3. The van der Waals surface area contributed by atoms with Gasteiger partial charge in [-0.05, 0) is 55.0 Å². The van der Waals surface area contributed by atoms with Gasteiger partial charge in [-0.1, -0.05) is 5.21 Å². The minimum absolute atomic E-state index is 0.110. The molecule has 0 saturated carbocycles. The Morgan fingerprint density at radius 3 is 2.27 bits per heavy atom. The molecule has 0 unspecified atom stereocenters. The SMILES string of the molecule is CNC(=O)c1ccc(NC(=O)c2nnn(-c3ccc(F)cc3)c2C(F)(F)F)c(C)c1. The molecule has 156 valence electrons. The van der Waals surface area contributed by atoms with E-state index in [4.69, 9.17) is 0 Å². The summed E-state index contributed by atoms with van der Waals surface area (Å²) in [6.07, 6.45) is -4.96. The molecule has 30 heavy (non-hydrogen) atoms. The zero-order valence-electron chi connectivity index (χ0n) is 15.7. The van der Waals surface area contributed by atoms with Crippen molar-refractivity contribution in [3.05, 3.63) is 70.8 Å². The molecule has 0 aliphatic carbocycles. The van der Waals surface area contributed by atoms with E-state index in [1.165, 1.54) is 25.2 Å². The van der Waals surface area contributed by atoms with Crippen molar-refractivity contribution < 1.29 is 27.2 Å². The van der Waals surface area contributed by atoms with Gasteiger partial charge in [0.15, 0.2) is 11.4 Å². The Morgan fingerprint density at radius 1 is 1.03 bits per heavy atom. The summed E-state index contributed by atoms with van der Waals surface area (Å²) < 4.78 is 54.5. The number of amides is 2. The molecule has 0 fully saturated rings. The monoisotopic (exact) mass is 421 g/mol. The van der Waals surface area contributed by atoms with Gasteiger partial charge >= 0.3 is 6.18 Å². The number of benzene rings is 2. The summed E-state index contributed by atoms with van der Waals surface area (Å²) in [7, 11) is 1.45. The summed E-state index contributed by atoms with van der Waals surface area (Å²) in [6.45, 7) is 1.59. The van der Waals surface area contributed by atoms with Crippen LogP contribution in [0.2, 0.25) is 0 Å². The van der Waals surface area contributed by atoms with Crippen LogP contribution in [0, 0.1) is 12.7 Å². The molecule has 3 rings (SSSR count). The number of alkyl halides is 3. The first-order valence-corrected chi connectivity index (χ1v) is 8.54. The molecular formula is C19H15F4N5O2. The minimum atomic E-state index is -4.96. The lowest BCUT2D eigenvalue weighted by atomic mass is 10.1. The van der Waals surface area contributed by atoms with Gasteiger partial charge in [-0.2, -0.15) is 13.2 Å². The van der Waals surface area contributed by atoms with E-state index >= 15 is 0 Å². The molecule has 0 atom stereocenters. The van der Waals surface area contributed by atoms with E-state index in [1.54, 1.807) is 6.92 Å². The maximum Gasteiger partial charge on any atom is 0.435 e. The van der Waals surface area contributed by atoms with Crippen molar-refractivity contribution in [1.29, 1.82) is 0 Å². The molecule has 7 nitrogen and oxygen atoms in total. The molecule has 0 aliphatic heterocycles. The third-order valence-corrected chi connectivity index (χ3v) is 4.19. The van der Waals surface area contributed by atoms with Gasteiger partial charge in [-0.25, -0.2) is 9.07 Å². The summed E-state index contributed by atoms with van der Waals surface area (Å²) in [5.74, 6) is -2.12. The molecule has 3 aromatic rings. The van der Waals surface area contributed by atoms with Crippen LogP contribution in [0.5, 0.6) is 0 Å². The topological polar surface area (TPSA) is 88.9 Å². The molecule has 1 heterocycles. The molecule has 0 spiro atoms. The number of carbonyl (C=O) groups excluding carboxylic acids is 2. The van der Waals surface area contributed by atoms with E-state index in [1.807, 2.05) is 0 Å². The quantitative estimate of drug-likeness (QED) is 0.633. The zero-order chi connectivity index (χ0) is 22.1. The Kier molecular flexibility index (Phi) is 5.54. The van der Waals surface area contributed by atoms with Crippen LogP contribution in [-0.4, -0.2) is 33.9 Å². The van der Waals surface area contributed by atoms with Crippen molar-refractivity contribution in [2.24, 2.45) is 0 Å². The summed E-state index contributed by atoms with van der Waals surface area (Å²) in [5, 5.41) is 11.6. The standard InChI is InChI=1S/C19H15F4N5O2/c1-10-9-11(17(29)24-2)3-8-14(10)25-18(30)15-16(19(21,22)23)28(27-26-15)13-6-4-12(20)5-7-13/h3-9H,1-2H3,(H,24,29)(H,25,30). The highest BCUT2D eigenvalue weighted by Gasteiger charge is 2.42. The van der Waals surface area contributed by atoms with E-state index < -0.39 is 29.3 Å². The second-order valence-corrected chi connectivity index (χ2v) is 6.24. The number of rotatable bonds is 4. The predicted molar refractivity (Wildman–Crippen MR) is 98.8 cm³/mol. The fourth-order valence-electron chi connectivity index (χ4n) is 2.72. The maximum atomic E-state index is 13.7. The number of hydrogen-bond acceptors (Lipinski definition) is 4. The second kappa shape index (κ2) is 7.93. The van der Waals surface area contributed by atoms with Gasteiger partial charge in [0.2, 0.25) is 0 Å². The second-order valence-electron chi connectivity index (χ2n) is 6.24. The summed E-state index contributed by atoms with van der Waals surface area (Å²) >= 11 is 0. The van der Waals surface area contributed by atoms with Crippen LogP contribution in [0.15, 0.2) is 42.5 Å². The summed E-state index contributed by atoms with van der Waals surface area (Å²) in [4.78, 5) is 24.2. The van der Waals surface area contributed by atoms with Crippen molar-refractivity contribution in [3.63, 3.8) is 0 Å². The lowest BCUT2D eigenvalue weighted by molar-refractivity contribution is -0.143. The Morgan fingerprint density at radius 2 is 1.70 bits per heavy atom. The Hall–Kier alpha value is -3.76. The fourth-order valence-corrected chi connectivity index (χ4v) is 2.72. The molecule has 0 aliphatic rings. The fraction of sp³-hybridized carbons (Fsp3) is 0.158. The van der Waals surface area contributed by atoms with Crippen molar-refractivity contribution >= 4 is 17.5 Å². The highest BCUT2D eigenvalue weighted by Crippen LogP contribution is 2.33. The van der Waals surface area contributed by atoms with Gasteiger partial charge in [-0.3, -0.25) is 9.59 Å². The number of nitrogens with one attached hydrogen (secondary N) is 2. The third-order valence-electron chi connectivity index (χ3n) is 4.19. The van der Waals surface area contributed by atoms with Gasteiger partial charge in [0.25, 0.3) is 11.8 Å². The molecule has 2 aromatic carbocycles. The van der Waals surface area contributed by atoms with E-state index in [-0.39, 0.29) is 17.3 Å². The summed E-state index contributed by atoms with van der Waals surface area (Å²) in [5.41, 5.74) is -1.46. The molecule has 2 amide bonds. The molecular weight excluding hydrogens is 406 g/mol. The Bertz CT molecular complexity index is 1110. The lowest BCUT2D eigenvalue weighted by Crippen LogP contribution is -2.22. The minimum Gasteiger partial charge on any atom is -0.355 e. The van der Waals surface area contributed by atoms with Crippen molar-refractivity contribution in [1.82, 2.24) is 20.3 Å². The highest BCUT2D eigenvalue weighted by atomic mass is 19.4. The van der Waals surface area contributed by atoms with E-state index in [0.717, 1.165) is 24.3 Å². The Labute approximate surface area is 167 Å². The Balaban J connectivity index is 1.97. The first-order chi connectivity index (χ1) is 14.1. The van der Waals surface area contributed by atoms with Crippen LogP contribution in [0.25, 0.3) is 5.69 Å². The van der Waals surface area contributed by atoms with Crippen molar-refractivity contribution in [3.8, 4) is 5.69 Å². The first-order valence-electron chi connectivity index (χ1n) is 8.54. The smallest absolute Gasteiger partial charge is 0.355 e. The van der Waals surface area contributed by atoms with Crippen LogP contribution < -0.4 is 10.6 Å². The van der Waals surface area contributed by atoms with Crippen LogP contribution in [0.4, 0.5) is 23.2 Å². The van der Waals surface area contributed by atoms with Gasteiger partial charge in [0, 0.05) is 18.3 Å². The van der Waals surface area contributed by atoms with Crippen LogP contribution in [0.3, 0.4) is 0 Å². The predicted octanol–water partition coefficient (Wildman–Crippen LogP) is 3.35. The number of halogens is 4. The third kappa shape index (κ3) is 4.14. The van der Waals surface area contributed by atoms with Gasteiger partial charge in [0.05, 0.1) is 5.69 Å². The molecule has 0 bridgehead atoms.